The van der Waals surface area contributed by atoms with Crippen LogP contribution in [0.2, 0.25) is 0 Å². The van der Waals surface area contributed by atoms with E-state index in [1.54, 1.807) is 0 Å². The number of esters is 2. The van der Waals surface area contributed by atoms with Gasteiger partial charge in [-0.1, -0.05) is 251 Å². The summed E-state index contributed by atoms with van der Waals surface area (Å²) in [5, 5.41) is 9.69. The molecule has 0 spiro atoms. The van der Waals surface area contributed by atoms with Crippen LogP contribution in [0.4, 0.5) is 0 Å². The molecule has 0 aliphatic rings. The smallest absolute Gasteiger partial charge is 0.361 e. The van der Waals surface area contributed by atoms with Gasteiger partial charge in [0, 0.05) is 12.8 Å². The molecule has 9 heteroatoms. The van der Waals surface area contributed by atoms with Crippen molar-refractivity contribution in [3.63, 3.8) is 0 Å². The molecule has 0 saturated heterocycles. The highest BCUT2D eigenvalue weighted by Crippen LogP contribution is 2.17. The van der Waals surface area contributed by atoms with Crippen LogP contribution >= 0.6 is 0 Å². The molecule has 9 nitrogen and oxygen atoms in total. The van der Waals surface area contributed by atoms with E-state index in [4.69, 9.17) is 18.9 Å². The van der Waals surface area contributed by atoms with Gasteiger partial charge in [0.25, 0.3) is 6.29 Å². The van der Waals surface area contributed by atoms with Gasteiger partial charge in [0.2, 0.25) is 0 Å². The Hall–Kier alpha value is -1.97. The highest BCUT2D eigenvalue weighted by molar-refractivity contribution is 5.71. The number of aliphatic carboxylic acids is 1. The second-order valence-corrected chi connectivity index (χ2v) is 21.3. The van der Waals surface area contributed by atoms with Gasteiger partial charge in [-0.05, 0) is 38.5 Å². The number of unbranched alkanes of at least 4 members (excludes halogenated alkanes) is 38. The third-order valence-corrected chi connectivity index (χ3v) is 13.3. The molecule has 2 atom stereocenters. The van der Waals surface area contributed by atoms with Gasteiger partial charge in [-0.2, -0.15) is 0 Å². The lowest BCUT2D eigenvalue weighted by atomic mass is 10.0. The molecule has 0 aromatic heterocycles. The van der Waals surface area contributed by atoms with E-state index in [1.807, 2.05) is 21.1 Å². The zero-order valence-corrected chi connectivity index (χ0v) is 45.8. The number of likely N-dealkylation sites (N-methyl/N-ethyl adjacent to an activating group) is 1. The van der Waals surface area contributed by atoms with Crippen molar-refractivity contribution in [3.05, 3.63) is 12.2 Å². The topological polar surface area (TPSA) is 108 Å². The Morgan fingerprint density at radius 2 is 0.750 bits per heavy atom. The Morgan fingerprint density at radius 3 is 1.09 bits per heavy atom. The minimum Gasteiger partial charge on any atom is -0.477 e. The summed E-state index contributed by atoms with van der Waals surface area (Å²) in [5.41, 5.74) is 0. The van der Waals surface area contributed by atoms with Crippen molar-refractivity contribution >= 4 is 17.9 Å². The van der Waals surface area contributed by atoms with Crippen LogP contribution in [0.1, 0.15) is 290 Å². The van der Waals surface area contributed by atoms with Gasteiger partial charge in [-0.25, -0.2) is 4.79 Å². The van der Waals surface area contributed by atoms with Crippen LogP contribution in [-0.2, 0) is 33.3 Å². The van der Waals surface area contributed by atoms with E-state index in [2.05, 4.69) is 26.0 Å². The lowest BCUT2D eigenvalue weighted by Crippen LogP contribution is -2.40. The number of nitrogens with zero attached hydrogens (tertiary/aromatic N) is 1. The van der Waals surface area contributed by atoms with Gasteiger partial charge in [0.15, 0.2) is 6.10 Å². The summed E-state index contributed by atoms with van der Waals surface area (Å²) in [6.07, 6.45) is 55.8. The maximum atomic E-state index is 12.9. The lowest BCUT2D eigenvalue weighted by Gasteiger charge is -2.25. The Kier molecular flexibility index (Phi) is 49.9. The molecule has 0 aliphatic carbocycles. The number of carbonyl (C=O) groups is 3. The average molecular weight is 966 g/mol. The van der Waals surface area contributed by atoms with Crippen molar-refractivity contribution in [2.45, 2.75) is 302 Å². The summed E-state index contributed by atoms with van der Waals surface area (Å²) in [6, 6.07) is 0. The second-order valence-electron chi connectivity index (χ2n) is 21.3. The number of carboxylic acids is 1. The fourth-order valence-corrected chi connectivity index (χ4v) is 8.72. The molecule has 0 heterocycles. The van der Waals surface area contributed by atoms with Gasteiger partial charge >= 0.3 is 17.9 Å². The second kappa shape index (κ2) is 51.4. The van der Waals surface area contributed by atoms with Crippen molar-refractivity contribution in [1.29, 1.82) is 0 Å². The van der Waals surface area contributed by atoms with Crippen molar-refractivity contribution in [1.82, 2.24) is 0 Å². The van der Waals surface area contributed by atoms with E-state index in [0.29, 0.717) is 17.4 Å². The predicted molar refractivity (Wildman–Crippen MR) is 286 cm³/mol. The first kappa shape index (κ1) is 66.0. The van der Waals surface area contributed by atoms with Gasteiger partial charge in [0.05, 0.1) is 34.4 Å². The number of rotatable bonds is 55. The lowest BCUT2D eigenvalue weighted by molar-refractivity contribution is -0.870. The Balaban J connectivity index is 4.10. The molecule has 0 amide bonds. The van der Waals surface area contributed by atoms with Crippen LogP contribution in [-0.4, -0.2) is 87.4 Å². The maximum absolute atomic E-state index is 12.9. The van der Waals surface area contributed by atoms with Crippen molar-refractivity contribution in [2.75, 3.05) is 47.5 Å². The first-order valence-corrected chi connectivity index (χ1v) is 29.4. The summed E-state index contributed by atoms with van der Waals surface area (Å²) < 4.78 is 22.9. The standard InChI is InChI=1S/C59H113NO8/c1-6-8-10-12-14-16-18-20-22-23-24-25-26-27-28-29-30-31-32-33-34-35-36-38-40-42-44-46-48-50-57(62)68-55(54-67-59(58(63)64)65-52-51-60(3,4)5)53-66-56(61)49-47-45-43-41-39-37-21-19-17-15-13-11-9-7-2/h23-24,55,59H,6-22,25-54H2,1-5H3/p+1/b24-23-. The fourth-order valence-electron chi connectivity index (χ4n) is 8.72. The number of hydrogen-bond donors (Lipinski definition) is 1. The largest absolute Gasteiger partial charge is 0.477 e. The first-order chi connectivity index (χ1) is 33.1. The number of ether oxygens (including phenoxy) is 4. The highest BCUT2D eigenvalue weighted by atomic mass is 16.7. The van der Waals surface area contributed by atoms with Crippen LogP contribution in [0, 0.1) is 0 Å². The number of carboxylic acid groups (broad SMARTS) is 1. The Bertz CT molecular complexity index is 1120. The number of hydrogen-bond acceptors (Lipinski definition) is 7. The quantitative estimate of drug-likeness (QED) is 0.0211. The normalized spacial score (nSPS) is 12.8. The third-order valence-electron chi connectivity index (χ3n) is 13.3. The minimum absolute atomic E-state index is 0.174. The summed E-state index contributed by atoms with van der Waals surface area (Å²) in [7, 11) is 5.98. The van der Waals surface area contributed by atoms with E-state index in [-0.39, 0.29) is 38.2 Å². The molecular formula is C59H114NO8+. The predicted octanol–water partition coefficient (Wildman–Crippen LogP) is 17.0. The molecule has 0 saturated carbocycles. The van der Waals surface area contributed by atoms with E-state index >= 15 is 0 Å². The minimum atomic E-state index is -1.50. The molecular weight excluding hydrogens is 851 g/mol. The van der Waals surface area contributed by atoms with E-state index < -0.39 is 18.4 Å². The van der Waals surface area contributed by atoms with Crippen LogP contribution in [0.25, 0.3) is 0 Å². The van der Waals surface area contributed by atoms with Crippen LogP contribution in [0.15, 0.2) is 12.2 Å². The van der Waals surface area contributed by atoms with E-state index in [0.717, 1.165) is 38.5 Å². The SMILES string of the molecule is CCCCCCCCCC/C=C\CCCCCCCCCCCCCCCCCCCC(=O)OC(COC(=O)CCCCCCCCCCCCCCCC)COC(OCC[N+](C)(C)C)C(=O)O. The zero-order valence-electron chi connectivity index (χ0n) is 45.8. The van der Waals surface area contributed by atoms with Gasteiger partial charge in [-0.15, -0.1) is 0 Å². The molecule has 0 aliphatic heterocycles. The van der Waals surface area contributed by atoms with Crippen LogP contribution < -0.4 is 0 Å². The number of carbonyl (C=O) groups excluding carboxylic acids is 2. The molecule has 0 fully saturated rings. The first-order valence-electron chi connectivity index (χ1n) is 29.4. The van der Waals surface area contributed by atoms with Crippen molar-refractivity contribution in [2.24, 2.45) is 0 Å². The molecule has 0 radical (unpaired) electrons. The average Bonchev–Trinajstić information content (AvgIpc) is 3.30. The molecule has 68 heavy (non-hydrogen) atoms. The van der Waals surface area contributed by atoms with E-state index in [9.17, 15) is 19.5 Å². The Morgan fingerprint density at radius 1 is 0.426 bits per heavy atom. The molecule has 0 aromatic carbocycles. The summed E-state index contributed by atoms with van der Waals surface area (Å²) in [6.45, 7) is 4.93. The molecule has 0 aromatic rings. The van der Waals surface area contributed by atoms with E-state index in [1.165, 1.54) is 225 Å². The van der Waals surface area contributed by atoms with Gasteiger partial charge in [0.1, 0.15) is 13.2 Å². The summed E-state index contributed by atoms with van der Waals surface area (Å²) in [5.74, 6) is -1.98. The maximum Gasteiger partial charge on any atom is 0.361 e. The third kappa shape index (κ3) is 51.9. The van der Waals surface area contributed by atoms with Crippen LogP contribution in [0.3, 0.4) is 0 Å². The van der Waals surface area contributed by atoms with Crippen molar-refractivity contribution in [3.8, 4) is 0 Å². The van der Waals surface area contributed by atoms with Gasteiger partial charge in [-0.3, -0.25) is 9.59 Å². The summed E-state index contributed by atoms with van der Waals surface area (Å²) in [4.78, 5) is 37.3. The monoisotopic (exact) mass is 965 g/mol. The molecule has 1 N–H and O–H groups in total. The molecule has 402 valence electrons. The number of quaternary nitrogens is 1. The Labute approximate surface area is 421 Å². The zero-order chi connectivity index (χ0) is 49.9. The number of allylic oxidation sites excluding steroid dienone is 2. The molecule has 0 bridgehead atoms. The fraction of sp³-hybridized carbons (Fsp3) is 0.915. The highest BCUT2D eigenvalue weighted by Gasteiger charge is 2.25. The van der Waals surface area contributed by atoms with Gasteiger partial charge < -0.3 is 28.5 Å². The molecule has 2 unspecified atom stereocenters. The summed E-state index contributed by atoms with van der Waals surface area (Å²) >= 11 is 0. The van der Waals surface area contributed by atoms with Crippen LogP contribution in [0.5, 0.6) is 0 Å². The molecule has 0 rings (SSSR count). The van der Waals surface area contributed by atoms with Crippen molar-refractivity contribution < 1.29 is 42.9 Å².